The van der Waals surface area contributed by atoms with E-state index < -0.39 is 0 Å². The summed E-state index contributed by atoms with van der Waals surface area (Å²) in [5.41, 5.74) is 1.39. The van der Waals surface area contributed by atoms with Crippen LogP contribution in [0.5, 0.6) is 0 Å². The van der Waals surface area contributed by atoms with Gasteiger partial charge in [-0.05, 0) is 38.4 Å². The maximum Gasteiger partial charge on any atom is 0.208 e. The number of aromatic nitrogens is 1. The number of benzene rings is 1. The molecular formula is C17H23N3O. The molecule has 1 saturated heterocycles. The molecule has 0 amide bonds. The van der Waals surface area contributed by atoms with Crippen molar-refractivity contribution in [3.8, 4) is 0 Å². The van der Waals surface area contributed by atoms with Crippen molar-refractivity contribution in [1.29, 1.82) is 0 Å². The molecule has 0 saturated carbocycles. The molecule has 2 aromatic rings. The monoisotopic (exact) mass is 285 g/mol. The Bertz CT molecular complexity index is 552. The summed E-state index contributed by atoms with van der Waals surface area (Å²) >= 11 is 0. The quantitative estimate of drug-likeness (QED) is 0.936. The van der Waals surface area contributed by atoms with Crippen molar-refractivity contribution in [1.82, 2.24) is 15.2 Å². The molecule has 1 aliphatic heterocycles. The number of oxazole rings is 1. The van der Waals surface area contributed by atoms with E-state index in [1.54, 1.807) is 6.20 Å². The van der Waals surface area contributed by atoms with Crippen LogP contribution in [0.3, 0.4) is 0 Å². The molecule has 1 aromatic heterocycles. The summed E-state index contributed by atoms with van der Waals surface area (Å²) < 4.78 is 5.61. The lowest BCUT2D eigenvalue weighted by molar-refractivity contribution is 0.232. The third-order valence-electron chi connectivity index (χ3n) is 3.92. The molecule has 1 aromatic carbocycles. The topological polar surface area (TPSA) is 41.3 Å². The molecule has 3 rings (SSSR count). The lowest BCUT2D eigenvalue weighted by atomic mass is 10.1. The zero-order valence-corrected chi connectivity index (χ0v) is 12.6. The minimum atomic E-state index is 0.492. The highest BCUT2D eigenvalue weighted by atomic mass is 16.4. The normalized spacial score (nSPS) is 20.3. The second-order valence-electron chi connectivity index (χ2n) is 5.79. The number of hydrogen-bond donors (Lipinski definition) is 1. The summed E-state index contributed by atoms with van der Waals surface area (Å²) in [5, 5.41) is 3.66. The van der Waals surface area contributed by atoms with Crippen molar-refractivity contribution in [2.24, 2.45) is 0 Å². The predicted octanol–water partition coefficient (Wildman–Crippen LogP) is 2.39. The van der Waals surface area contributed by atoms with Gasteiger partial charge in [-0.1, -0.05) is 30.3 Å². The molecule has 0 radical (unpaired) electrons. The summed E-state index contributed by atoms with van der Waals surface area (Å²) in [6, 6.07) is 11.2. The fraction of sp³-hybridized carbons (Fsp3) is 0.471. The van der Waals surface area contributed by atoms with Crippen LogP contribution in [-0.4, -0.2) is 35.6 Å². The molecule has 112 valence electrons. The van der Waals surface area contributed by atoms with Crippen molar-refractivity contribution in [3.05, 3.63) is 53.7 Å². The van der Waals surface area contributed by atoms with E-state index >= 15 is 0 Å². The minimum absolute atomic E-state index is 0.492. The first-order chi connectivity index (χ1) is 10.3. The van der Waals surface area contributed by atoms with Crippen molar-refractivity contribution in [2.75, 3.05) is 19.6 Å². The minimum Gasteiger partial charge on any atom is -0.445 e. The molecule has 0 bridgehead atoms. The van der Waals surface area contributed by atoms with Gasteiger partial charge in [-0.25, -0.2) is 4.98 Å². The van der Waals surface area contributed by atoms with Gasteiger partial charge in [0.2, 0.25) is 5.89 Å². The maximum absolute atomic E-state index is 5.61. The van der Waals surface area contributed by atoms with Gasteiger partial charge in [0.25, 0.3) is 0 Å². The molecule has 4 nitrogen and oxygen atoms in total. The summed E-state index contributed by atoms with van der Waals surface area (Å²) in [5.74, 6) is 1.71. The predicted molar refractivity (Wildman–Crippen MR) is 83.1 cm³/mol. The van der Waals surface area contributed by atoms with Crippen molar-refractivity contribution in [2.45, 2.75) is 32.4 Å². The Kier molecular flexibility index (Phi) is 4.68. The van der Waals surface area contributed by atoms with Gasteiger partial charge in [0, 0.05) is 12.6 Å². The van der Waals surface area contributed by atoms with Crippen LogP contribution >= 0.6 is 0 Å². The van der Waals surface area contributed by atoms with E-state index in [0.717, 1.165) is 44.3 Å². The number of nitrogens with zero attached hydrogens (tertiary/aromatic N) is 2. The third kappa shape index (κ3) is 4.16. The number of hydrogen-bond acceptors (Lipinski definition) is 4. The molecule has 21 heavy (non-hydrogen) atoms. The average molecular weight is 285 g/mol. The molecule has 2 heterocycles. The molecule has 1 atom stereocenters. The van der Waals surface area contributed by atoms with Crippen LogP contribution in [-0.2, 0) is 13.0 Å². The Morgan fingerprint density at radius 2 is 2.19 bits per heavy atom. The van der Waals surface area contributed by atoms with Crippen LogP contribution in [0.15, 0.2) is 40.9 Å². The number of aryl methyl sites for hydroxylation is 1. The third-order valence-corrected chi connectivity index (χ3v) is 3.92. The summed E-state index contributed by atoms with van der Waals surface area (Å²) in [6.07, 6.45) is 4.04. The van der Waals surface area contributed by atoms with Crippen LogP contribution in [0.25, 0.3) is 0 Å². The number of nitrogens with one attached hydrogen (secondary N) is 1. The fourth-order valence-corrected chi connectivity index (χ4v) is 2.92. The Morgan fingerprint density at radius 3 is 2.95 bits per heavy atom. The zero-order chi connectivity index (χ0) is 14.5. The summed E-state index contributed by atoms with van der Waals surface area (Å²) in [6.45, 7) is 5.97. The van der Waals surface area contributed by atoms with Crippen LogP contribution in [0.1, 0.15) is 23.6 Å². The zero-order valence-electron chi connectivity index (χ0n) is 12.6. The molecule has 0 spiro atoms. The first kappa shape index (κ1) is 14.3. The van der Waals surface area contributed by atoms with Crippen LogP contribution in [0.4, 0.5) is 0 Å². The molecular weight excluding hydrogens is 262 g/mol. The van der Waals surface area contributed by atoms with Crippen molar-refractivity contribution in [3.63, 3.8) is 0 Å². The van der Waals surface area contributed by atoms with E-state index in [1.165, 1.54) is 12.0 Å². The largest absolute Gasteiger partial charge is 0.445 e. The van der Waals surface area contributed by atoms with Crippen LogP contribution in [0, 0.1) is 6.92 Å². The van der Waals surface area contributed by atoms with E-state index in [4.69, 9.17) is 4.42 Å². The second kappa shape index (κ2) is 6.87. The van der Waals surface area contributed by atoms with E-state index in [-0.39, 0.29) is 0 Å². The Labute approximate surface area is 126 Å². The van der Waals surface area contributed by atoms with Crippen LogP contribution < -0.4 is 5.32 Å². The first-order valence-corrected chi connectivity index (χ1v) is 7.70. The maximum atomic E-state index is 5.61. The van der Waals surface area contributed by atoms with Gasteiger partial charge < -0.3 is 9.73 Å². The second-order valence-corrected chi connectivity index (χ2v) is 5.79. The SMILES string of the molecule is Cc1cnc(CN2CCCNC(Cc3ccccc3)C2)o1. The fourth-order valence-electron chi connectivity index (χ4n) is 2.92. The van der Waals surface area contributed by atoms with Gasteiger partial charge in [0.15, 0.2) is 0 Å². The van der Waals surface area contributed by atoms with Gasteiger partial charge in [-0.15, -0.1) is 0 Å². The smallest absolute Gasteiger partial charge is 0.208 e. The van der Waals surface area contributed by atoms with Gasteiger partial charge in [0.05, 0.1) is 12.7 Å². The molecule has 0 aliphatic carbocycles. The van der Waals surface area contributed by atoms with Gasteiger partial charge in [-0.3, -0.25) is 4.90 Å². The van der Waals surface area contributed by atoms with Gasteiger partial charge in [0.1, 0.15) is 5.76 Å². The highest BCUT2D eigenvalue weighted by Gasteiger charge is 2.19. The molecule has 1 fully saturated rings. The van der Waals surface area contributed by atoms with Crippen LogP contribution in [0.2, 0.25) is 0 Å². The standard InChI is InChI=1S/C17H23N3O/c1-14-11-19-17(21-14)13-20-9-5-8-18-16(12-20)10-15-6-3-2-4-7-15/h2-4,6-7,11,16,18H,5,8-10,12-13H2,1H3. The van der Waals surface area contributed by atoms with E-state index in [1.807, 2.05) is 6.92 Å². The molecule has 1 N–H and O–H groups in total. The number of rotatable bonds is 4. The highest BCUT2D eigenvalue weighted by Crippen LogP contribution is 2.11. The first-order valence-electron chi connectivity index (χ1n) is 7.70. The van der Waals surface area contributed by atoms with E-state index in [0.29, 0.717) is 6.04 Å². The van der Waals surface area contributed by atoms with E-state index in [9.17, 15) is 0 Å². The highest BCUT2D eigenvalue weighted by molar-refractivity contribution is 5.16. The molecule has 1 aliphatic rings. The van der Waals surface area contributed by atoms with Gasteiger partial charge >= 0.3 is 0 Å². The lowest BCUT2D eigenvalue weighted by Gasteiger charge is -2.23. The Balaban J connectivity index is 1.60. The summed E-state index contributed by atoms with van der Waals surface area (Å²) in [4.78, 5) is 6.76. The van der Waals surface area contributed by atoms with Crippen molar-refractivity contribution >= 4 is 0 Å². The van der Waals surface area contributed by atoms with E-state index in [2.05, 4.69) is 45.5 Å². The Hall–Kier alpha value is -1.65. The molecule has 4 heteroatoms. The lowest BCUT2D eigenvalue weighted by Crippen LogP contribution is -2.39. The average Bonchev–Trinajstić information content (AvgIpc) is 2.76. The van der Waals surface area contributed by atoms with Gasteiger partial charge in [-0.2, -0.15) is 0 Å². The van der Waals surface area contributed by atoms with Crippen molar-refractivity contribution < 1.29 is 4.42 Å². The Morgan fingerprint density at radius 1 is 1.33 bits per heavy atom. The summed E-state index contributed by atoms with van der Waals surface area (Å²) in [7, 11) is 0. The molecule has 1 unspecified atom stereocenters.